The van der Waals surface area contributed by atoms with E-state index in [1.807, 2.05) is 0 Å². The standard InChI is InChI=1S/C54H75FO5Si2/c1-10-11-16-27-42(59-61(52(3,4)5,43-28-17-12-18-29-43)44-30-19-13-20-31-44)37-38-47-48-40-54(57-9,51(55)36-25-26-41(2)56)58-49(48)39-50(47)60-62(53(6,7)8,45-32-21-14-22-33-45)46-34-23-15-24-35-46/h12-15,17-24,28-35,37-38,41-42,47-51,56H,10-11,16,25-27,36,39-40H2,1-9H3/b38-37+/t41?,42-,47+,48+,49-,50+,51-,54-/m0/s1. The van der Waals surface area contributed by atoms with E-state index < -0.39 is 34.7 Å². The maximum Gasteiger partial charge on any atom is 0.261 e. The van der Waals surface area contributed by atoms with Crippen LogP contribution in [-0.4, -0.2) is 65.2 Å². The van der Waals surface area contributed by atoms with Crippen molar-refractivity contribution in [2.45, 2.75) is 160 Å². The van der Waals surface area contributed by atoms with Crippen molar-refractivity contribution >= 4 is 37.4 Å². The number of alkyl halides is 1. The van der Waals surface area contributed by atoms with Gasteiger partial charge in [-0.15, -0.1) is 0 Å². The van der Waals surface area contributed by atoms with E-state index in [9.17, 15) is 5.11 Å². The zero-order chi connectivity index (χ0) is 44.6. The lowest BCUT2D eigenvalue weighted by atomic mass is 9.87. The van der Waals surface area contributed by atoms with Gasteiger partial charge in [0.15, 0.2) is 12.0 Å². The lowest BCUT2D eigenvalue weighted by Gasteiger charge is -2.46. The molecule has 6 rings (SSSR count). The second-order valence-electron chi connectivity index (χ2n) is 20.1. The van der Waals surface area contributed by atoms with Gasteiger partial charge < -0.3 is 23.4 Å². The number of halogens is 1. The van der Waals surface area contributed by atoms with Gasteiger partial charge in [-0.25, -0.2) is 4.39 Å². The van der Waals surface area contributed by atoms with Crippen LogP contribution in [0.15, 0.2) is 133 Å². The molecule has 2 fully saturated rings. The van der Waals surface area contributed by atoms with Crippen molar-refractivity contribution in [2.24, 2.45) is 11.8 Å². The van der Waals surface area contributed by atoms with Gasteiger partial charge in [-0.2, -0.15) is 0 Å². The van der Waals surface area contributed by atoms with E-state index in [4.69, 9.17) is 18.3 Å². The molecule has 1 N–H and O–H groups in total. The Bertz CT molecular complexity index is 1890. The summed E-state index contributed by atoms with van der Waals surface area (Å²) in [5.41, 5.74) is 0. The van der Waals surface area contributed by atoms with Gasteiger partial charge in [0.05, 0.1) is 24.4 Å². The molecular weight excluding hydrogens is 804 g/mol. The van der Waals surface area contributed by atoms with Crippen molar-refractivity contribution in [3.8, 4) is 0 Å². The highest BCUT2D eigenvalue weighted by Gasteiger charge is 2.61. The molecular formula is C54H75FO5Si2. The Labute approximate surface area is 375 Å². The van der Waals surface area contributed by atoms with Gasteiger partial charge in [0.1, 0.15) is 0 Å². The Morgan fingerprint density at radius 3 is 1.65 bits per heavy atom. The van der Waals surface area contributed by atoms with Crippen molar-refractivity contribution in [3.63, 3.8) is 0 Å². The summed E-state index contributed by atoms with van der Waals surface area (Å²) in [7, 11) is -4.28. The molecule has 1 saturated carbocycles. The second-order valence-corrected chi connectivity index (χ2v) is 28.6. The van der Waals surface area contributed by atoms with Crippen LogP contribution in [0.2, 0.25) is 10.1 Å². The number of fused-ring (bicyclic) bond motifs is 1. The molecule has 8 heteroatoms. The van der Waals surface area contributed by atoms with Crippen molar-refractivity contribution in [1.29, 1.82) is 0 Å². The highest BCUT2D eigenvalue weighted by Crippen LogP contribution is 2.53. The van der Waals surface area contributed by atoms with Crippen LogP contribution in [-0.2, 0) is 18.3 Å². The van der Waals surface area contributed by atoms with Gasteiger partial charge in [0.25, 0.3) is 16.6 Å². The van der Waals surface area contributed by atoms with Crippen LogP contribution in [0.5, 0.6) is 0 Å². The van der Waals surface area contributed by atoms with Gasteiger partial charge in [0, 0.05) is 19.4 Å². The Hall–Kier alpha value is -3.22. The summed E-state index contributed by atoms with van der Waals surface area (Å²) in [6.45, 7) is 18.0. The fraction of sp³-hybridized carbons (Fsp3) is 0.519. The fourth-order valence-electron chi connectivity index (χ4n) is 10.7. The largest absolute Gasteiger partial charge is 0.404 e. The number of rotatable bonds is 20. The van der Waals surface area contributed by atoms with Crippen LogP contribution in [0, 0.1) is 11.8 Å². The molecule has 4 aromatic rings. The van der Waals surface area contributed by atoms with Crippen molar-refractivity contribution < 1.29 is 27.8 Å². The van der Waals surface area contributed by atoms with Crippen molar-refractivity contribution in [1.82, 2.24) is 0 Å². The average Bonchev–Trinajstić information content (AvgIpc) is 3.78. The number of aliphatic hydroxyl groups excluding tert-OH is 1. The van der Waals surface area contributed by atoms with Crippen molar-refractivity contribution in [3.05, 3.63) is 133 Å². The summed E-state index contributed by atoms with van der Waals surface area (Å²) < 4.78 is 45.3. The number of aliphatic hydroxyl groups is 1. The molecule has 0 radical (unpaired) electrons. The SMILES string of the molecule is CCCCC[C@@H](/C=C/[C@@H]1[C@H]2C[C@@](OC)([C@@H](F)CCCC(C)O)O[C@H]2C[C@H]1O[Si](c1ccccc1)(c1ccccc1)C(C)(C)C)O[Si](c1ccccc1)(c1ccccc1)C(C)(C)C. The van der Waals surface area contributed by atoms with Crippen LogP contribution in [0.25, 0.3) is 0 Å². The van der Waals surface area contributed by atoms with Crippen molar-refractivity contribution in [2.75, 3.05) is 7.11 Å². The first-order chi connectivity index (χ1) is 29.6. The first-order valence-corrected chi connectivity index (χ1v) is 27.2. The molecule has 62 heavy (non-hydrogen) atoms. The number of hydrogen-bond donors (Lipinski definition) is 1. The molecule has 8 atom stereocenters. The van der Waals surface area contributed by atoms with E-state index in [1.54, 1.807) is 14.0 Å². The molecule has 0 aromatic heterocycles. The maximum atomic E-state index is 16.5. The van der Waals surface area contributed by atoms with Crippen LogP contribution >= 0.6 is 0 Å². The predicted molar refractivity (Wildman–Crippen MR) is 260 cm³/mol. The van der Waals surface area contributed by atoms with E-state index >= 15 is 4.39 Å². The third-order valence-corrected chi connectivity index (χ3v) is 23.9. The van der Waals surface area contributed by atoms with E-state index in [2.05, 4.69) is 182 Å². The number of unbranched alkanes of at least 4 members (excludes halogenated alkanes) is 2. The van der Waals surface area contributed by atoms with Gasteiger partial charge in [0.2, 0.25) is 0 Å². The van der Waals surface area contributed by atoms with Gasteiger partial charge in [-0.1, -0.05) is 201 Å². The normalized spacial score (nSPS) is 23.7. The Morgan fingerprint density at radius 2 is 1.21 bits per heavy atom. The molecule has 2 aliphatic rings. The molecule has 0 amide bonds. The van der Waals surface area contributed by atoms with E-state index in [0.29, 0.717) is 25.7 Å². The Kier molecular flexibility index (Phi) is 16.1. The summed E-state index contributed by atoms with van der Waals surface area (Å²) in [6, 6.07) is 43.5. The number of ether oxygens (including phenoxy) is 2. The molecule has 1 unspecified atom stereocenters. The first-order valence-electron chi connectivity index (χ1n) is 23.4. The molecule has 1 aliphatic heterocycles. The summed E-state index contributed by atoms with van der Waals surface area (Å²) in [5, 5.41) is 14.6. The zero-order valence-electron chi connectivity index (χ0n) is 39.1. The third kappa shape index (κ3) is 10.2. The zero-order valence-corrected chi connectivity index (χ0v) is 41.1. The van der Waals surface area contributed by atoms with E-state index in [-0.39, 0.29) is 46.6 Å². The molecule has 1 heterocycles. The topological polar surface area (TPSA) is 57.2 Å². The molecule has 0 spiro atoms. The lowest BCUT2D eigenvalue weighted by Crippen LogP contribution is -2.68. The van der Waals surface area contributed by atoms with E-state index in [1.165, 1.54) is 20.7 Å². The number of methoxy groups -OCH3 is 1. The van der Waals surface area contributed by atoms with Crippen LogP contribution in [0.1, 0.15) is 113 Å². The minimum absolute atomic E-state index is 0.0337. The number of benzene rings is 4. The van der Waals surface area contributed by atoms with Gasteiger partial charge in [-0.3, -0.25) is 0 Å². The molecule has 4 aromatic carbocycles. The second kappa shape index (κ2) is 20.7. The molecule has 336 valence electrons. The van der Waals surface area contributed by atoms with Crippen LogP contribution in [0.3, 0.4) is 0 Å². The predicted octanol–water partition coefficient (Wildman–Crippen LogP) is 10.7. The lowest BCUT2D eigenvalue weighted by molar-refractivity contribution is -0.248. The summed E-state index contributed by atoms with van der Waals surface area (Å²) in [6.07, 6.45) is 8.95. The molecule has 0 bridgehead atoms. The highest BCUT2D eigenvalue weighted by atomic mass is 28.4. The molecule has 1 aliphatic carbocycles. The monoisotopic (exact) mass is 879 g/mol. The highest BCUT2D eigenvalue weighted by molar-refractivity contribution is 7.00. The summed E-state index contributed by atoms with van der Waals surface area (Å²) in [5.74, 6) is -1.47. The van der Waals surface area contributed by atoms with Crippen LogP contribution in [0.4, 0.5) is 4.39 Å². The third-order valence-electron chi connectivity index (χ3n) is 13.8. The minimum atomic E-state index is -2.97. The Morgan fingerprint density at radius 1 is 0.726 bits per heavy atom. The molecule has 5 nitrogen and oxygen atoms in total. The van der Waals surface area contributed by atoms with Gasteiger partial charge >= 0.3 is 0 Å². The fourth-order valence-corrected chi connectivity index (χ4v) is 20.1. The number of hydrogen-bond acceptors (Lipinski definition) is 5. The minimum Gasteiger partial charge on any atom is -0.404 e. The average molecular weight is 879 g/mol. The Balaban J connectivity index is 1.47. The summed E-state index contributed by atoms with van der Waals surface area (Å²) in [4.78, 5) is 0. The quantitative estimate of drug-likeness (QED) is 0.0545. The first kappa shape index (κ1) is 48.2. The maximum absolute atomic E-state index is 16.5. The van der Waals surface area contributed by atoms with E-state index in [0.717, 1.165) is 25.7 Å². The molecule has 1 saturated heterocycles. The van der Waals surface area contributed by atoms with Crippen LogP contribution < -0.4 is 20.7 Å². The summed E-state index contributed by atoms with van der Waals surface area (Å²) >= 11 is 0. The smallest absolute Gasteiger partial charge is 0.261 e. The van der Waals surface area contributed by atoms with Gasteiger partial charge in [-0.05, 0) is 75.8 Å².